The van der Waals surface area contributed by atoms with Crippen molar-refractivity contribution in [3.63, 3.8) is 0 Å². The number of nitrogens with zero attached hydrogens (tertiary/aromatic N) is 4. The number of fused-ring (bicyclic) bond motifs is 8. The predicted molar refractivity (Wildman–Crippen MR) is 378 cm³/mol. The third-order valence-electron chi connectivity index (χ3n) is 18.9. The van der Waals surface area contributed by atoms with Crippen molar-refractivity contribution in [1.29, 1.82) is 21.0 Å². The quantitative estimate of drug-likeness (QED) is 0.0320. The largest absolute Gasteiger partial charge is 0.293 e. The Balaban J connectivity index is 1.32. The molecule has 11 heteroatoms. The first-order valence-electron chi connectivity index (χ1n) is 32.9. The van der Waals surface area contributed by atoms with Gasteiger partial charge < -0.3 is 0 Å². The van der Waals surface area contributed by atoms with Crippen LogP contribution in [0.5, 0.6) is 0 Å². The molecule has 6 unspecified atom stereocenters. The van der Waals surface area contributed by atoms with Crippen LogP contribution in [0.2, 0.25) is 0 Å². The molecule has 2 aromatic heterocycles. The van der Waals surface area contributed by atoms with E-state index in [0.29, 0.717) is 57.1 Å². The molecule has 0 amide bonds. The van der Waals surface area contributed by atoms with Gasteiger partial charge in [0.2, 0.25) is 0 Å². The molecule has 1 saturated carbocycles. The summed E-state index contributed by atoms with van der Waals surface area (Å²) >= 11 is 9.55. The number of carbonyl (C=O) groups is 2. The van der Waals surface area contributed by atoms with E-state index in [4.69, 9.17) is 0 Å². The Labute approximate surface area is 546 Å². The number of unbranched alkanes of at least 4 members (excludes halogenated alkanes) is 4. The Kier molecular flexibility index (Phi) is 24.0. The van der Waals surface area contributed by atoms with Gasteiger partial charge in [0.1, 0.15) is 35.4 Å². The van der Waals surface area contributed by atoms with E-state index in [-0.39, 0.29) is 28.6 Å². The summed E-state index contributed by atoms with van der Waals surface area (Å²) in [4.78, 5) is 34.7. The fourth-order valence-corrected chi connectivity index (χ4v) is 20.2. The first-order chi connectivity index (χ1) is 43.0. The van der Waals surface area contributed by atoms with Gasteiger partial charge in [-0.2, -0.15) is 21.0 Å². The first kappa shape index (κ1) is 66.5. The van der Waals surface area contributed by atoms with Gasteiger partial charge in [-0.15, -0.1) is 58.0 Å². The minimum absolute atomic E-state index is 0.00622. The van der Waals surface area contributed by atoms with E-state index >= 15 is 0 Å². The van der Waals surface area contributed by atoms with Gasteiger partial charge in [0.25, 0.3) is 0 Å². The number of thiophene rings is 2. The summed E-state index contributed by atoms with van der Waals surface area (Å²) in [5.74, 6) is 4.38. The molecular formula is C77H86N4O2S5. The summed E-state index contributed by atoms with van der Waals surface area (Å²) in [6.07, 6.45) is 32.6. The van der Waals surface area contributed by atoms with Crippen molar-refractivity contribution in [2.45, 2.75) is 171 Å². The Hall–Kier alpha value is -5.89. The monoisotopic (exact) mass is 1260 g/mol. The molecule has 0 saturated heterocycles. The molecule has 456 valence electrons. The summed E-state index contributed by atoms with van der Waals surface area (Å²) in [5.41, 5.74) is 12.6. The van der Waals surface area contributed by atoms with Crippen molar-refractivity contribution in [2.24, 2.45) is 35.5 Å². The molecule has 9 rings (SSSR count). The Morgan fingerprint density at radius 1 is 0.500 bits per heavy atom. The maximum atomic E-state index is 14.6. The second-order valence-electron chi connectivity index (χ2n) is 24.5. The highest BCUT2D eigenvalue weighted by Gasteiger charge is 2.43. The number of hydrogen-bond acceptors (Lipinski definition) is 11. The van der Waals surface area contributed by atoms with Crippen LogP contribution in [0.15, 0.2) is 110 Å². The molecule has 0 radical (unpaired) electrons. The van der Waals surface area contributed by atoms with Crippen LogP contribution in [0.25, 0.3) is 49.8 Å². The number of nitriles is 4. The van der Waals surface area contributed by atoms with Gasteiger partial charge in [0.15, 0.2) is 11.6 Å². The highest BCUT2D eigenvalue weighted by atomic mass is 32.2. The molecule has 0 N–H and O–H groups in total. The maximum Gasteiger partial charge on any atom is 0.194 e. The molecule has 4 aromatic rings. The van der Waals surface area contributed by atoms with Gasteiger partial charge in [-0.05, 0) is 119 Å². The molecule has 6 nitrogen and oxygen atoms in total. The maximum absolute atomic E-state index is 14.6. The van der Waals surface area contributed by atoms with E-state index in [1.54, 1.807) is 28.7 Å². The third kappa shape index (κ3) is 14.2. The number of ketones is 2. The van der Waals surface area contributed by atoms with Crippen LogP contribution in [-0.2, 0) is 4.79 Å². The van der Waals surface area contributed by atoms with E-state index < -0.39 is 5.92 Å². The Morgan fingerprint density at radius 3 is 1.48 bits per heavy atom. The van der Waals surface area contributed by atoms with Crippen molar-refractivity contribution in [3.05, 3.63) is 153 Å². The normalized spacial score (nSPS) is 18.7. The molecule has 5 aliphatic rings. The summed E-state index contributed by atoms with van der Waals surface area (Å²) in [6.45, 7) is 18.5. The second kappa shape index (κ2) is 31.7. The zero-order valence-corrected chi connectivity index (χ0v) is 57.1. The smallest absolute Gasteiger partial charge is 0.194 e. The number of thioether (sulfide) groups is 3. The molecule has 0 spiro atoms. The fourth-order valence-electron chi connectivity index (χ4n) is 13.4. The Bertz CT molecular complexity index is 3650. The van der Waals surface area contributed by atoms with Crippen LogP contribution in [0, 0.1) is 80.8 Å². The molecule has 0 aliphatic heterocycles. The lowest BCUT2D eigenvalue weighted by atomic mass is 9.87. The summed E-state index contributed by atoms with van der Waals surface area (Å²) in [5, 5.41) is 41.4. The summed E-state index contributed by atoms with van der Waals surface area (Å²) in [6, 6.07) is 25.5. The highest BCUT2D eigenvalue weighted by molar-refractivity contribution is 8.22. The van der Waals surface area contributed by atoms with Gasteiger partial charge in [-0.3, -0.25) is 9.59 Å². The molecular weight excluding hydrogens is 1170 g/mol. The van der Waals surface area contributed by atoms with Gasteiger partial charge in [-0.25, -0.2) is 0 Å². The van der Waals surface area contributed by atoms with E-state index in [1.165, 1.54) is 135 Å². The molecule has 1 fully saturated rings. The molecule has 88 heavy (non-hydrogen) atoms. The molecule has 2 heterocycles. The van der Waals surface area contributed by atoms with Crippen LogP contribution in [-0.4, -0.2) is 28.8 Å². The fraction of sp³-hybridized carbons (Fsp3) is 0.455. The minimum Gasteiger partial charge on any atom is -0.293 e. The summed E-state index contributed by atoms with van der Waals surface area (Å²) < 4.78 is 1.34. The number of allylic oxidation sites excluding steroid dienone is 11. The average molecular weight is 1260 g/mol. The van der Waals surface area contributed by atoms with Crippen LogP contribution in [0.3, 0.4) is 0 Å². The highest BCUT2D eigenvalue weighted by Crippen LogP contribution is 2.60. The zero-order chi connectivity index (χ0) is 62.4. The van der Waals surface area contributed by atoms with Gasteiger partial charge in [0.05, 0.1) is 5.92 Å². The van der Waals surface area contributed by atoms with Crippen LogP contribution < -0.4 is 0 Å². The lowest BCUT2D eigenvalue weighted by molar-refractivity contribution is -0.116. The van der Waals surface area contributed by atoms with E-state index in [9.17, 15) is 30.6 Å². The van der Waals surface area contributed by atoms with Gasteiger partial charge >= 0.3 is 0 Å². The lowest BCUT2D eigenvalue weighted by Crippen LogP contribution is -2.12. The number of benzene rings is 2. The lowest BCUT2D eigenvalue weighted by Gasteiger charge is -2.21. The number of rotatable bonds is 30. The standard InChI is InChI=1S/C77H86N4O2S5/c1-9-17-25-48(13-5)33-34-68(84-45-49(14-6)26-18-10-2)71-60-39-63-61(40-62(60)75-66(71)37-54(87-75)35-64-69(52(41-78)42-79)56-29-21-23-31-58(56)73(64)82)72(77(85-46-50(15-7)27-19-11-3)86-47-51(16-8)28-20-12-4)67-38-55(88-76(63)67)36-65-70(53(43-80)44-81)57-30-22-24-32-59(57)74(65)83/h21-24,29-32,35-40,48-51,56,58H,9-20,25-28,33-34,45-47H2,1-8H3/b64-35-,65-36-,71-68-,77-72?. The minimum atomic E-state index is -0.456. The van der Waals surface area contributed by atoms with Crippen molar-refractivity contribution < 1.29 is 9.59 Å². The van der Waals surface area contributed by atoms with Crippen molar-refractivity contribution >= 4 is 98.4 Å². The van der Waals surface area contributed by atoms with Crippen LogP contribution in [0.4, 0.5) is 0 Å². The van der Waals surface area contributed by atoms with Crippen molar-refractivity contribution in [2.75, 3.05) is 17.3 Å². The molecule has 2 aromatic carbocycles. The summed E-state index contributed by atoms with van der Waals surface area (Å²) in [7, 11) is 0. The topological polar surface area (TPSA) is 129 Å². The van der Waals surface area contributed by atoms with Gasteiger partial charge in [-0.1, -0.05) is 187 Å². The van der Waals surface area contributed by atoms with E-state index in [0.717, 1.165) is 71.1 Å². The van der Waals surface area contributed by atoms with Crippen molar-refractivity contribution in [1.82, 2.24) is 0 Å². The van der Waals surface area contributed by atoms with Gasteiger partial charge in [0, 0.05) is 103 Å². The molecule has 6 atom stereocenters. The SMILES string of the molecule is CCCCC(CC)CC/C(SCC(CC)CCCC)=C1\c2cc3c(cc2-c2sc(/C=C4\C(=O)C5C=CC=CC5C4=C(C#N)C#N)cc21)C(=C(SCC(CC)CCCC)SCC(CC)CCCC)c1cc(/C=C2\C(=O)c4ccccc4C2=C(C#N)C#N)sc1-3. The van der Waals surface area contributed by atoms with E-state index in [1.807, 2.05) is 78.2 Å². The molecule has 5 aliphatic carbocycles. The zero-order valence-electron chi connectivity index (χ0n) is 53.0. The number of carbonyl (C=O) groups excluding carboxylic acids is 2. The second-order valence-corrected chi connectivity index (χ2v) is 30.1. The van der Waals surface area contributed by atoms with Crippen molar-refractivity contribution in [3.8, 4) is 45.2 Å². The van der Waals surface area contributed by atoms with Crippen LogP contribution >= 0.6 is 58.0 Å². The van der Waals surface area contributed by atoms with Crippen LogP contribution in [0.1, 0.15) is 219 Å². The predicted octanol–water partition coefficient (Wildman–Crippen LogP) is 22.8. The average Bonchev–Trinajstić information content (AvgIpc) is 1.57. The molecule has 0 bridgehead atoms. The Morgan fingerprint density at radius 2 is 0.966 bits per heavy atom. The third-order valence-corrected chi connectivity index (χ3v) is 25.4. The first-order valence-corrected chi connectivity index (χ1v) is 37.5. The number of hydrogen-bond donors (Lipinski definition) is 0. The van der Waals surface area contributed by atoms with E-state index in [2.05, 4.69) is 116 Å². The number of Topliss-reactive ketones (excluding diaryl/α,β-unsaturated/α-hetero) is 2.